The lowest BCUT2D eigenvalue weighted by Gasteiger charge is -2.31. The van der Waals surface area contributed by atoms with Gasteiger partial charge in [-0.3, -0.25) is 13.9 Å². The number of anilines is 1. The van der Waals surface area contributed by atoms with Gasteiger partial charge in [0.2, 0.25) is 6.79 Å². The number of unbranched alkanes of at least 4 members (excludes halogenated alkanes) is 2. The Balaban J connectivity index is 1.30. The number of esters is 1. The molecule has 1 saturated carbocycles. The van der Waals surface area contributed by atoms with Crippen molar-refractivity contribution in [2.24, 2.45) is 0 Å². The lowest BCUT2D eigenvalue weighted by molar-refractivity contribution is -0.150. The summed E-state index contributed by atoms with van der Waals surface area (Å²) in [6.45, 7) is 1.05. The van der Waals surface area contributed by atoms with Gasteiger partial charge in [-0.15, -0.1) is 0 Å². The maximum atomic E-state index is 13.5. The first-order valence-corrected chi connectivity index (χ1v) is 18.1. The average molecular weight is 693 g/mol. The number of hydrogen-bond donors (Lipinski definition) is 2. The molecule has 19 heteroatoms. The Morgan fingerprint density at radius 2 is 2.07 bits per heavy atom. The minimum Gasteiger partial charge on any atom is -0.438 e. The van der Waals surface area contributed by atoms with Crippen LogP contribution in [0, 0.1) is 11.3 Å². The molecule has 15 nitrogen and oxygen atoms in total. The van der Waals surface area contributed by atoms with Gasteiger partial charge in [-0.05, 0) is 25.3 Å². The second-order valence-electron chi connectivity index (χ2n) is 11.0. The molecule has 5 rings (SSSR count). The summed E-state index contributed by atoms with van der Waals surface area (Å²) in [6, 6.07) is 3.37. The van der Waals surface area contributed by atoms with Gasteiger partial charge < -0.3 is 33.7 Å². The van der Waals surface area contributed by atoms with E-state index >= 15 is 0 Å². The second kappa shape index (κ2) is 13.4. The third-order valence-electron chi connectivity index (χ3n) is 7.62. The average Bonchev–Trinajstić information content (AvgIpc) is 3.60. The van der Waals surface area contributed by atoms with Crippen molar-refractivity contribution in [3.05, 3.63) is 23.0 Å². The number of rotatable bonds is 14. The molecular formula is C26H31ClFN4O11PS. The van der Waals surface area contributed by atoms with Crippen LogP contribution in [-0.2, 0) is 42.7 Å². The molecule has 0 aromatic carbocycles. The Kier molecular flexibility index (Phi) is 9.93. The number of ether oxygens (including phenoxy) is 4. The number of halogens is 2. The number of pyridine rings is 1. The molecule has 45 heavy (non-hydrogen) atoms. The summed E-state index contributed by atoms with van der Waals surface area (Å²) in [5, 5.41) is 13.1. The molecule has 0 radical (unpaired) electrons. The van der Waals surface area contributed by atoms with Crippen molar-refractivity contribution >= 4 is 57.9 Å². The summed E-state index contributed by atoms with van der Waals surface area (Å²) in [4.78, 5) is 38.2. The highest BCUT2D eigenvalue weighted by molar-refractivity contribution is 7.97. The van der Waals surface area contributed by atoms with Crippen molar-refractivity contribution in [3.63, 3.8) is 0 Å². The Morgan fingerprint density at radius 3 is 2.76 bits per heavy atom. The molecule has 4 heterocycles. The number of sulfone groups is 1. The van der Waals surface area contributed by atoms with Gasteiger partial charge in [0.05, 0.1) is 11.4 Å². The number of nitrogens with zero attached hydrogens (tertiary/aromatic N) is 3. The number of aromatic nitrogens is 2. The number of carbonyl (C=O) groups excluding carboxylic acids is 2. The molecule has 0 amide bonds. The first kappa shape index (κ1) is 33.4. The van der Waals surface area contributed by atoms with Crippen molar-refractivity contribution in [2.75, 3.05) is 23.4 Å². The van der Waals surface area contributed by atoms with E-state index in [4.69, 9.17) is 30.5 Å². The number of fused-ring (bicyclic) bond motifs is 2. The van der Waals surface area contributed by atoms with Crippen molar-refractivity contribution in [1.82, 2.24) is 9.55 Å². The Bertz CT molecular complexity index is 1660. The predicted molar refractivity (Wildman–Crippen MR) is 155 cm³/mol. The smallest absolute Gasteiger partial charge is 0.438 e. The van der Waals surface area contributed by atoms with Gasteiger partial charge >= 0.3 is 19.7 Å². The Labute approximate surface area is 262 Å². The summed E-state index contributed by atoms with van der Waals surface area (Å²) in [5.74, 6) is -1.50. The second-order valence-corrected chi connectivity index (χ2v) is 15.8. The largest absolute Gasteiger partial charge is 0.509 e. The van der Waals surface area contributed by atoms with Gasteiger partial charge in [-0.25, -0.2) is 22.6 Å². The monoisotopic (exact) mass is 692 g/mol. The zero-order chi connectivity index (χ0) is 32.5. The third kappa shape index (κ3) is 7.53. The molecule has 2 saturated heterocycles. The van der Waals surface area contributed by atoms with Crippen LogP contribution in [0.25, 0.3) is 11.0 Å². The first-order valence-electron chi connectivity index (χ1n) is 14.2. The van der Waals surface area contributed by atoms with Crippen LogP contribution >= 0.6 is 19.2 Å². The van der Waals surface area contributed by atoms with Crippen LogP contribution in [0.2, 0.25) is 5.15 Å². The first-order chi connectivity index (χ1) is 21.3. The maximum Gasteiger partial charge on any atom is 0.509 e. The van der Waals surface area contributed by atoms with Gasteiger partial charge in [-0.2, -0.15) is 5.26 Å². The molecule has 0 spiro atoms. The third-order valence-corrected chi connectivity index (χ3v) is 12.1. The van der Waals surface area contributed by atoms with E-state index in [1.165, 1.54) is 10.8 Å². The molecule has 3 aliphatic rings. The summed E-state index contributed by atoms with van der Waals surface area (Å²) in [6.07, 6.45) is -2.50. The SMILES string of the molecule is CCCCCC(=O)OCOP(=O)(O)CS(=O)(=O)C[C@H]1O[C@@H](n2ccc3c(NC4CC(F)C4)c(C#N)c(Cl)nc32)[C@@H]2OC(=O)O[C@@H]21. The number of nitrogens with one attached hydrogen (secondary N) is 1. The van der Waals surface area contributed by atoms with Crippen LogP contribution in [0.5, 0.6) is 0 Å². The normalized spacial score (nSPS) is 27.1. The van der Waals surface area contributed by atoms with Crippen molar-refractivity contribution in [2.45, 2.75) is 82.2 Å². The maximum absolute atomic E-state index is 13.5. The van der Waals surface area contributed by atoms with E-state index in [1.807, 2.05) is 13.0 Å². The Hall–Kier alpha value is -3.00. The fraction of sp³-hybridized carbons (Fsp3) is 0.615. The lowest BCUT2D eigenvalue weighted by Crippen LogP contribution is -2.36. The predicted octanol–water partition coefficient (Wildman–Crippen LogP) is 3.93. The minimum atomic E-state index is -4.77. The number of carbonyl (C=O) groups is 2. The van der Waals surface area contributed by atoms with Gasteiger partial charge in [0.15, 0.2) is 38.9 Å². The molecule has 0 bridgehead atoms. The minimum absolute atomic E-state index is 0.0518. The zero-order valence-corrected chi connectivity index (χ0v) is 26.4. The van der Waals surface area contributed by atoms with E-state index in [0.29, 0.717) is 17.5 Å². The highest BCUT2D eigenvalue weighted by atomic mass is 35.5. The van der Waals surface area contributed by atoms with Gasteiger partial charge in [-0.1, -0.05) is 31.4 Å². The summed E-state index contributed by atoms with van der Waals surface area (Å²) < 4.78 is 79.3. The molecule has 2 aliphatic heterocycles. The fourth-order valence-electron chi connectivity index (χ4n) is 5.41. The van der Waals surface area contributed by atoms with E-state index in [9.17, 15) is 37.1 Å². The quantitative estimate of drug-likeness (QED) is 0.0946. The molecule has 2 N–H and O–H groups in total. The van der Waals surface area contributed by atoms with Crippen LogP contribution in [0.15, 0.2) is 12.3 Å². The van der Waals surface area contributed by atoms with Crippen LogP contribution in [0.4, 0.5) is 14.9 Å². The summed E-state index contributed by atoms with van der Waals surface area (Å²) in [7, 11) is -9.17. The van der Waals surface area contributed by atoms with Gasteiger partial charge in [0, 0.05) is 24.0 Å². The zero-order valence-electron chi connectivity index (χ0n) is 24.0. The van der Waals surface area contributed by atoms with E-state index in [-0.39, 0.29) is 41.7 Å². The van der Waals surface area contributed by atoms with Crippen molar-refractivity contribution in [1.29, 1.82) is 5.26 Å². The lowest BCUT2D eigenvalue weighted by atomic mass is 9.90. The topological polar surface area (TPSA) is 205 Å². The van der Waals surface area contributed by atoms with Crippen molar-refractivity contribution < 1.29 is 55.3 Å². The van der Waals surface area contributed by atoms with Gasteiger partial charge in [0.25, 0.3) is 0 Å². The van der Waals surface area contributed by atoms with Crippen molar-refractivity contribution in [3.8, 4) is 6.07 Å². The van der Waals surface area contributed by atoms with Crippen LogP contribution in [0.1, 0.15) is 57.2 Å². The number of alkyl halides is 1. The van der Waals surface area contributed by atoms with Crippen LogP contribution in [-0.4, -0.2) is 83.6 Å². The molecular weight excluding hydrogens is 662 g/mol. The standard InChI is InChI=1S/C26H31ClFN4O11PS/c1-2-3-4-5-19(33)39-12-40-44(35,36)13-45(37,38)11-18-21-22(43-26(34)42-21)25(41-18)32-7-6-16-20(30-15-8-14(28)9-15)17(10-29)23(27)31-24(16)32/h6-7,14-15,18,21-22,25H,2-5,8-9,11-13H2,1H3,(H,30,31)(H,35,36)/t14?,15?,18-,21-,22-,25-/m1/s1. The fourth-order valence-corrected chi connectivity index (χ4v) is 9.32. The summed E-state index contributed by atoms with van der Waals surface area (Å²) in [5.41, 5.74) is -0.733. The van der Waals surface area contributed by atoms with Gasteiger partial charge in [0.1, 0.15) is 29.6 Å². The highest BCUT2D eigenvalue weighted by Crippen LogP contribution is 2.46. The van der Waals surface area contributed by atoms with Crippen LogP contribution < -0.4 is 5.32 Å². The molecule has 5 atom stereocenters. The molecule has 246 valence electrons. The van der Waals surface area contributed by atoms with E-state index < -0.39 is 78.3 Å². The molecule has 2 aromatic rings. The molecule has 1 unspecified atom stereocenters. The molecule has 2 aromatic heterocycles. The number of hydrogen-bond acceptors (Lipinski definition) is 13. The van der Waals surface area contributed by atoms with E-state index in [0.717, 1.165) is 12.8 Å². The molecule has 3 fully saturated rings. The van der Waals surface area contributed by atoms with E-state index in [2.05, 4.69) is 14.8 Å². The highest BCUT2D eigenvalue weighted by Gasteiger charge is 2.56. The summed E-state index contributed by atoms with van der Waals surface area (Å²) >= 11 is 6.33. The van der Waals surface area contributed by atoms with Crippen LogP contribution in [0.3, 0.4) is 0 Å². The Morgan fingerprint density at radius 1 is 1.33 bits per heavy atom. The number of nitriles is 1. The van der Waals surface area contributed by atoms with E-state index in [1.54, 1.807) is 6.07 Å². The molecule has 1 aliphatic carbocycles.